The SMILES string of the molecule is COc1ccc([C@@H]2CCc3nc(C(=O)Nc4ccc(F)cc4)cn3C2)cc1. The van der Waals surface area contributed by atoms with Crippen LogP contribution in [0, 0.1) is 5.82 Å². The van der Waals surface area contributed by atoms with Gasteiger partial charge in [0.2, 0.25) is 0 Å². The lowest BCUT2D eigenvalue weighted by Crippen LogP contribution is -2.18. The normalized spacial score (nSPS) is 15.9. The van der Waals surface area contributed by atoms with Crippen LogP contribution in [0.2, 0.25) is 0 Å². The number of benzene rings is 2. The number of rotatable bonds is 4. The van der Waals surface area contributed by atoms with Gasteiger partial charge in [0.05, 0.1) is 7.11 Å². The molecule has 3 aromatic rings. The highest BCUT2D eigenvalue weighted by Crippen LogP contribution is 2.30. The third-order valence-corrected chi connectivity index (χ3v) is 4.91. The van der Waals surface area contributed by atoms with E-state index in [1.54, 1.807) is 13.3 Å². The first-order chi connectivity index (χ1) is 13.1. The fourth-order valence-electron chi connectivity index (χ4n) is 3.43. The zero-order valence-electron chi connectivity index (χ0n) is 15.0. The number of fused-ring (bicyclic) bond motifs is 1. The lowest BCUT2D eigenvalue weighted by atomic mass is 9.91. The van der Waals surface area contributed by atoms with Crippen molar-refractivity contribution in [2.24, 2.45) is 0 Å². The maximum absolute atomic E-state index is 13.0. The van der Waals surface area contributed by atoms with Gasteiger partial charge in [-0.2, -0.15) is 0 Å². The third-order valence-electron chi connectivity index (χ3n) is 4.91. The quantitative estimate of drug-likeness (QED) is 0.760. The number of ether oxygens (including phenoxy) is 1. The number of aromatic nitrogens is 2. The number of carbonyl (C=O) groups excluding carboxylic acids is 1. The maximum atomic E-state index is 13.0. The molecule has 4 rings (SSSR count). The van der Waals surface area contributed by atoms with Gasteiger partial charge in [-0.1, -0.05) is 12.1 Å². The number of carbonyl (C=O) groups is 1. The Labute approximate surface area is 156 Å². The molecule has 0 spiro atoms. The number of hydrogen-bond acceptors (Lipinski definition) is 3. The summed E-state index contributed by atoms with van der Waals surface area (Å²) >= 11 is 0. The molecule has 6 heteroatoms. The van der Waals surface area contributed by atoms with Crippen LogP contribution < -0.4 is 10.1 Å². The van der Waals surface area contributed by atoms with Crippen LogP contribution in [0.1, 0.15) is 34.2 Å². The van der Waals surface area contributed by atoms with E-state index in [2.05, 4.69) is 27.0 Å². The van der Waals surface area contributed by atoms with Gasteiger partial charge in [0.15, 0.2) is 0 Å². The summed E-state index contributed by atoms with van der Waals surface area (Å²) < 4.78 is 20.3. The Morgan fingerprint density at radius 1 is 1.19 bits per heavy atom. The van der Waals surface area contributed by atoms with Crippen molar-refractivity contribution in [3.63, 3.8) is 0 Å². The van der Waals surface area contributed by atoms with E-state index in [9.17, 15) is 9.18 Å². The average molecular weight is 365 g/mol. The van der Waals surface area contributed by atoms with Crippen molar-refractivity contribution in [3.05, 3.63) is 77.6 Å². The van der Waals surface area contributed by atoms with Crippen molar-refractivity contribution in [2.45, 2.75) is 25.3 Å². The first-order valence-corrected chi connectivity index (χ1v) is 8.89. The number of amides is 1. The van der Waals surface area contributed by atoms with Crippen LogP contribution in [0.25, 0.3) is 0 Å². The van der Waals surface area contributed by atoms with Gasteiger partial charge in [0.25, 0.3) is 5.91 Å². The molecule has 1 N–H and O–H groups in total. The van der Waals surface area contributed by atoms with Crippen molar-refractivity contribution in [1.29, 1.82) is 0 Å². The summed E-state index contributed by atoms with van der Waals surface area (Å²) in [7, 11) is 1.66. The van der Waals surface area contributed by atoms with E-state index in [-0.39, 0.29) is 11.7 Å². The Morgan fingerprint density at radius 2 is 1.93 bits per heavy atom. The topological polar surface area (TPSA) is 56.1 Å². The first-order valence-electron chi connectivity index (χ1n) is 8.89. The summed E-state index contributed by atoms with van der Waals surface area (Å²) in [6.45, 7) is 0.790. The van der Waals surface area contributed by atoms with Crippen molar-refractivity contribution in [1.82, 2.24) is 9.55 Å². The van der Waals surface area contributed by atoms with E-state index in [4.69, 9.17) is 4.74 Å². The number of nitrogens with zero attached hydrogens (tertiary/aromatic N) is 2. The number of anilines is 1. The zero-order chi connectivity index (χ0) is 18.8. The minimum atomic E-state index is -0.338. The van der Waals surface area contributed by atoms with Crippen molar-refractivity contribution < 1.29 is 13.9 Å². The van der Waals surface area contributed by atoms with Gasteiger partial charge in [-0.3, -0.25) is 4.79 Å². The fraction of sp³-hybridized carbons (Fsp3) is 0.238. The zero-order valence-corrected chi connectivity index (χ0v) is 15.0. The van der Waals surface area contributed by atoms with Crippen LogP contribution in [0.4, 0.5) is 10.1 Å². The molecule has 1 aliphatic rings. The molecular formula is C21H20FN3O2. The van der Waals surface area contributed by atoms with Crippen LogP contribution >= 0.6 is 0 Å². The van der Waals surface area contributed by atoms with Crippen molar-refractivity contribution in [2.75, 3.05) is 12.4 Å². The molecule has 1 atom stereocenters. The monoisotopic (exact) mass is 365 g/mol. The van der Waals surface area contributed by atoms with Gasteiger partial charge >= 0.3 is 0 Å². The highest BCUT2D eigenvalue weighted by Gasteiger charge is 2.23. The minimum Gasteiger partial charge on any atom is -0.497 e. The summed E-state index contributed by atoms with van der Waals surface area (Å²) in [4.78, 5) is 16.9. The predicted molar refractivity (Wildman–Crippen MR) is 101 cm³/mol. The van der Waals surface area contributed by atoms with E-state index in [0.717, 1.165) is 31.0 Å². The second kappa shape index (κ2) is 7.23. The molecule has 0 unspecified atom stereocenters. The molecule has 2 heterocycles. The molecule has 1 amide bonds. The number of methoxy groups -OCH3 is 1. The van der Waals surface area contributed by atoms with Crippen molar-refractivity contribution in [3.8, 4) is 5.75 Å². The lowest BCUT2D eigenvalue weighted by Gasteiger charge is -2.24. The third kappa shape index (κ3) is 3.69. The Kier molecular flexibility index (Phi) is 4.62. The molecule has 1 aliphatic heterocycles. The molecule has 0 aliphatic carbocycles. The Hall–Kier alpha value is -3.15. The number of halogens is 1. The van der Waals surface area contributed by atoms with Crippen molar-refractivity contribution >= 4 is 11.6 Å². The second-order valence-electron chi connectivity index (χ2n) is 6.66. The van der Waals surface area contributed by atoms with Crippen LogP contribution in [0.5, 0.6) is 5.75 Å². The van der Waals surface area contributed by atoms with E-state index in [0.29, 0.717) is 17.3 Å². The van der Waals surface area contributed by atoms with E-state index >= 15 is 0 Å². The Bertz CT molecular complexity index is 949. The van der Waals surface area contributed by atoms with Gasteiger partial charge in [0.1, 0.15) is 23.1 Å². The Balaban J connectivity index is 1.47. The fourth-order valence-corrected chi connectivity index (χ4v) is 3.43. The standard InChI is InChI=1S/C21H20FN3O2/c1-27-18-9-2-14(3-10-18)15-4-11-20-24-19(13-25(20)12-15)21(26)23-17-7-5-16(22)6-8-17/h2-3,5-10,13,15H,4,11-12H2,1H3,(H,23,26)/t15-/m1/s1. The molecule has 0 bridgehead atoms. The van der Waals surface area contributed by atoms with Crippen LogP contribution in [0.15, 0.2) is 54.7 Å². The number of hydrogen-bond donors (Lipinski definition) is 1. The van der Waals surface area contributed by atoms with E-state index in [1.165, 1.54) is 29.8 Å². The molecule has 0 saturated heterocycles. The van der Waals surface area contributed by atoms with E-state index < -0.39 is 0 Å². The van der Waals surface area contributed by atoms with Gasteiger partial charge in [-0.25, -0.2) is 9.37 Å². The molecule has 0 fully saturated rings. The largest absolute Gasteiger partial charge is 0.497 e. The summed E-state index contributed by atoms with van der Waals surface area (Å²) in [5, 5.41) is 2.75. The average Bonchev–Trinajstić information content (AvgIpc) is 3.13. The highest BCUT2D eigenvalue weighted by molar-refractivity contribution is 6.02. The number of aryl methyl sites for hydroxylation is 1. The first kappa shape index (κ1) is 17.3. The maximum Gasteiger partial charge on any atom is 0.275 e. The summed E-state index contributed by atoms with van der Waals surface area (Å²) in [6.07, 6.45) is 3.60. The molecule has 0 saturated carbocycles. The molecule has 5 nitrogen and oxygen atoms in total. The van der Waals surface area contributed by atoms with Crippen LogP contribution in [-0.2, 0) is 13.0 Å². The molecule has 0 radical (unpaired) electrons. The Morgan fingerprint density at radius 3 is 2.63 bits per heavy atom. The summed E-state index contributed by atoms with van der Waals surface area (Å²) in [5.74, 6) is 1.52. The van der Waals surface area contributed by atoms with E-state index in [1.807, 2.05) is 12.1 Å². The van der Waals surface area contributed by atoms with Crippen LogP contribution in [-0.4, -0.2) is 22.6 Å². The predicted octanol–water partition coefficient (Wildman–Crippen LogP) is 4.01. The highest BCUT2D eigenvalue weighted by atomic mass is 19.1. The lowest BCUT2D eigenvalue weighted by molar-refractivity contribution is 0.102. The van der Waals surface area contributed by atoms with Gasteiger partial charge in [-0.05, 0) is 48.4 Å². The molecular weight excluding hydrogens is 345 g/mol. The molecule has 2 aromatic carbocycles. The summed E-state index contributed by atoms with van der Waals surface area (Å²) in [6, 6.07) is 13.8. The smallest absolute Gasteiger partial charge is 0.275 e. The minimum absolute atomic E-state index is 0.287. The molecule has 27 heavy (non-hydrogen) atoms. The van der Waals surface area contributed by atoms with Crippen LogP contribution in [0.3, 0.4) is 0 Å². The summed E-state index contributed by atoms with van der Waals surface area (Å²) in [5.41, 5.74) is 2.18. The number of imidazole rings is 1. The van der Waals surface area contributed by atoms with Gasteiger partial charge in [0, 0.05) is 30.8 Å². The number of nitrogens with one attached hydrogen (secondary N) is 1. The van der Waals surface area contributed by atoms with Gasteiger partial charge in [-0.15, -0.1) is 0 Å². The second-order valence-corrected chi connectivity index (χ2v) is 6.66. The van der Waals surface area contributed by atoms with Gasteiger partial charge < -0.3 is 14.6 Å². The molecule has 138 valence electrons. The molecule has 1 aromatic heterocycles.